The van der Waals surface area contributed by atoms with Gasteiger partial charge in [0.05, 0.1) is 30.2 Å². The summed E-state index contributed by atoms with van der Waals surface area (Å²) in [6.45, 7) is 9.56. The Balaban J connectivity index is 0.00000256. The molecular formula is C21H30ClN5O3. The Morgan fingerprint density at radius 1 is 1.27 bits per heavy atom. The van der Waals surface area contributed by atoms with Gasteiger partial charge in [0.15, 0.2) is 5.69 Å². The van der Waals surface area contributed by atoms with Crippen molar-refractivity contribution in [3.05, 3.63) is 40.7 Å². The van der Waals surface area contributed by atoms with E-state index in [2.05, 4.69) is 21.3 Å². The second kappa shape index (κ2) is 9.43. The van der Waals surface area contributed by atoms with Crippen molar-refractivity contribution in [2.45, 2.75) is 45.9 Å². The van der Waals surface area contributed by atoms with E-state index in [1.165, 1.54) is 11.1 Å². The molecule has 0 bridgehead atoms. The monoisotopic (exact) mass is 435 g/mol. The molecule has 3 heterocycles. The van der Waals surface area contributed by atoms with Gasteiger partial charge in [0.25, 0.3) is 5.91 Å². The lowest BCUT2D eigenvalue weighted by Gasteiger charge is -2.34. The number of morpholine rings is 1. The molecule has 2 unspecified atom stereocenters. The van der Waals surface area contributed by atoms with Crippen molar-refractivity contribution in [2.24, 2.45) is 0 Å². The van der Waals surface area contributed by atoms with Gasteiger partial charge >= 0.3 is 0 Å². The van der Waals surface area contributed by atoms with Crippen LogP contribution in [0.25, 0.3) is 5.69 Å². The summed E-state index contributed by atoms with van der Waals surface area (Å²) in [5.41, 5.74) is 4.62. The third kappa shape index (κ3) is 4.37. The van der Waals surface area contributed by atoms with Gasteiger partial charge in [-0.05, 0) is 44.4 Å². The van der Waals surface area contributed by atoms with Crippen LogP contribution in [0.5, 0.6) is 0 Å². The number of hydrogen-bond acceptors (Lipinski definition) is 6. The lowest BCUT2D eigenvalue weighted by atomic mass is 9.97. The highest BCUT2D eigenvalue weighted by Gasteiger charge is 2.30. The molecule has 1 fully saturated rings. The van der Waals surface area contributed by atoms with E-state index in [0.29, 0.717) is 25.3 Å². The molecule has 30 heavy (non-hydrogen) atoms. The predicted molar refractivity (Wildman–Crippen MR) is 115 cm³/mol. The fourth-order valence-electron chi connectivity index (χ4n) is 4.43. The number of aromatic nitrogens is 3. The van der Waals surface area contributed by atoms with Gasteiger partial charge in [-0.15, -0.1) is 17.5 Å². The van der Waals surface area contributed by atoms with Crippen LogP contribution >= 0.6 is 12.4 Å². The Kier molecular flexibility index (Phi) is 7.13. The lowest BCUT2D eigenvalue weighted by molar-refractivity contribution is -0.0587. The van der Waals surface area contributed by atoms with Crippen molar-refractivity contribution in [3.63, 3.8) is 0 Å². The summed E-state index contributed by atoms with van der Waals surface area (Å²) >= 11 is 0. The van der Waals surface area contributed by atoms with Crippen LogP contribution in [0.1, 0.15) is 41.2 Å². The van der Waals surface area contributed by atoms with Crippen LogP contribution in [0.4, 0.5) is 0 Å². The van der Waals surface area contributed by atoms with Crippen LogP contribution in [-0.4, -0.2) is 80.8 Å². The molecule has 2 aromatic rings. The molecule has 1 aromatic heterocycles. The van der Waals surface area contributed by atoms with Crippen molar-refractivity contribution in [2.75, 3.05) is 32.8 Å². The van der Waals surface area contributed by atoms with Gasteiger partial charge in [-0.3, -0.25) is 9.69 Å². The number of aliphatic hydroxyl groups excluding tert-OH is 1. The maximum absolute atomic E-state index is 13.1. The fourth-order valence-corrected chi connectivity index (χ4v) is 4.43. The Morgan fingerprint density at radius 2 is 2.00 bits per heavy atom. The quantitative estimate of drug-likeness (QED) is 0.785. The number of amides is 1. The minimum absolute atomic E-state index is 0. The molecule has 1 saturated heterocycles. The van der Waals surface area contributed by atoms with Gasteiger partial charge in [0.1, 0.15) is 0 Å². The van der Waals surface area contributed by atoms with E-state index in [9.17, 15) is 9.90 Å². The maximum atomic E-state index is 13.1. The molecule has 1 amide bonds. The zero-order valence-corrected chi connectivity index (χ0v) is 18.6. The number of hydrogen-bond donors (Lipinski definition) is 1. The van der Waals surface area contributed by atoms with E-state index in [0.717, 1.165) is 30.9 Å². The van der Waals surface area contributed by atoms with Crippen molar-refractivity contribution in [3.8, 4) is 5.69 Å². The minimum atomic E-state index is -0.0883. The number of halogens is 1. The molecule has 1 N–H and O–H groups in total. The number of benzene rings is 1. The summed E-state index contributed by atoms with van der Waals surface area (Å²) < 4.78 is 7.53. The Hall–Kier alpha value is -2.00. The number of nitrogens with zero attached hydrogens (tertiary/aromatic N) is 5. The lowest BCUT2D eigenvalue weighted by Crippen LogP contribution is -2.48. The van der Waals surface area contributed by atoms with Crippen molar-refractivity contribution < 1.29 is 14.6 Å². The summed E-state index contributed by atoms with van der Waals surface area (Å²) in [7, 11) is 0. The van der Waals surface area contributed by atoms with E-state index in [1.54, 1.807) is 4.68 Å². The Morgan fingerprint density at radius 3 is 2.70 bits per heavy atom. The van der Waals surface area contributed by atoms with E-state index in [1.807, 2.05) is 37.8 Å². The second-order valence-electron chi connectivity index (χ2n) is 8.07. The highest BCUT2D eigenvalue weighted by atomic mass is 35.5. The standard InChI is InChI=1S/C21H29N5O3.ClH/c1-14-11-25(12-15(2)29-14)21(28)20-16(3)26(23-22-20)19-6-4-5-17-13-24(9-10-27)8-7-18(17)19;/h4-6,14-15,27H,7-13H2,1-3H3;1H. The first kappa shape index (κ1) is 22.7. The predicted octanol–water partition coefficient (Wildman–Crippen LogP) is 1.60. The molecule has 0 spiro atoms. The summed E-state index contributed by atoms with van der Waals surface area (Å²) in [6, 6.07) is 6.18. The van der Waals surface area contributed by atoms with Crippen molar-refractivity contribution >= 4 is 18.3 Å². The average molecular weight is 436 g/mol. The average Bonchev–Trinajstić information content (AvgIpc) is 3.07. The summed E-state index contributed by atoms with van der Waals surface area (Å²) in [6.07, 6.45) is 0.911. The van der Waals surface area contributed by atoms with Gasteiger partial charge in [0.2, 0.25) is 0 Å². The summed E-state index contributed by atoms with van der Waals surface area (Å²) in [4.78, 5) is 17.1. The third-order valence-corrected chi connectivity index (χ3v) is 5.77. The van der Waals surface area contributed by atoms with Crippen LogP contribution in [0.15, 0.2) is 18.2 Å². The molecule has 2 aliphatic rings. The second-order valence-corrected chi connectivity index (χ2v) is 8.07. The number of β-amino-alcohol motifs (C(OH)–C–C–N with tert-alkyl or cyclic N) is 1. The van der Waals surface area contributed by atoms with E-state index in [-0.39, 0.29) is 37.1 Å². The van der Waals surface area contributed by atoms with Crippen LogP contribution < -0.4 is 0 Å². The molecule has 9 heteroatoms. The van der Waals surface area contributed by atoms with Gasteiger partial charge in [-0.2, -0.15) is 0 Å². The van der Waals surface area contributed by atoms with Crippen LogP contribution in [-0.2, 0) is 17.7 Å². The molecule has 2 atom stereocenters. The third-order valence-electron chi connectivity index (χ3n) is 5.77. The molecular weight excluding hydrogens is 406 g/mol. The first-order chi connectivity index (χ1) is 14.0. The largest absolute Gasteiger partial charge is 0.395 e. The number of ether oxygens (including phenoxy) is 1. The normalized spacial score (nSPS) is 21.8. The van der Waals surface area contributed by atoms with Gasteiger partial charge in [0, 0.05) is 32.7 Å². The number of fused-ring (bicyclic) bond motifs is 1. The summed E-state index contributed by atoms with van der Waals surface area (Å²) in [5, 5.41) is 17.8. The molecule has 0 radical (unpaired) electrons. The Labute approximate surface area is 183 Å². The first-order valence-electron chi connectivity index (χ1n) is 10.3. The van der Waals surface area contributed by atoms with E-state index < -0.39 is 0 Å². The fraction of sp³-hybridized carbons (Fsp3) is 0.571. The zero-order chi connectivity index (χ0) is 20.5. The smallest absolute Gasteiger partial charge is 0.276 e. The van der Waals surface area contributed by atoms with Crippen LogP contribution in [0.3, 0.4) is 0 Å². The molecule has 8 nitrogen and oxygen atoms in total. The first-order valence-corrected chi connectivity index (χ1v) is 10.3. The number of rotatable bonds is 4. The number of carbonyl (C=O) groups is 1. The highest BCUT2D eigenvalue weighted by molar-refractivity contribution is 5.93. The van der Waals surface area contributed by atoms with E-state index in [4.69, 9.17) is 4.74 Å². The summed E-state index contributed by atoms with van der Waals surface area (Å²) in [5.74, 6) is -0.0883. The van der Waals surface area contributed by atoms with Gasteiger partial charge in [-0.25, -0.2) is 4.68 Å². The van der Waals surface area contributed by atoms with Gasteiger partial charge < -0.3 is 14.7 Å². The molecule has 2 aliphatic heterocycles. The molecule has 164 valence electrons. The zero-order valence-electron chi connectivity index (χ0n) is 17.7. The van der Waals surface area contributed by atoms with Crippen molar-refractivity contribution in [1.82, 2.24) is 24.8 Å². The maximum Gasteiger partial charge on any atom is 0.276 e. The minimum Gasteiger partial charge on any atom is -0.395 e. The number of carbonyl (C=O) groups excluding carboxylic acids is 1. The topological polar surface area (TPSA) is 83.7 Å². The van der Waals surface area contributed by atoms with Crippen molar-refractivity contribution in [1.29, 1.82) is 0 Å². The van der Waals surface area contributed by atoms with Crippen LogP contribution in [0.2, 0.25) is 0 Å². The molecule has 4 rings (SSSR count). The SMILES string of the molecule is Cc1c(C(=O)N2CC(C)OC(C)C2)nnn1-c1cccc2c1CCN(CCO)C2.Cl. The number of aliphatic hydroxyl groups is 1. The molecule has 1 aromatic carbocycles. The van der Waals surface area contributed by atoms with E-state index >= 15 is 0 Å². The molecule has 0 saturated carbocycles. The van der Waals surface area contributed by atoms with Crippen LogP contribution in [0, 0.1) is 6.92 Å². The Bertz CT molecular complexity index is 893. The van der Waals surface area contributed by atoms with Gasteiger partial charge in [-0.1, -0.05) is 17.3 Å². The highest BCUT2D eigenvalue weighted by Crippen LogP contribution is 2.26. The molecule has 0 aliphatic carbocycles.